The molecule has 1 aliphatic heterocycles. The Morgan fingerprint density at radius 2 is 1.62 bits per heavy atom. The number of nitrogens with zero attached hydrogens (tertiary/aromatic N) is 1. The molecule has 1 aromatic carbocycles. The summed E-state index contributed by atoms with van der Waals surface area (Å²) in [5, 5.41) is 2.82. The molecule has 144 valence electrons. The molecule has 1 N–H and O–H groups in total. The predicted octanol–water partition coefficient (Wildman–Crippen LogP) is 3.15. The monoisotopic (exact) mass is 362 g/mol. The highest BCUT2D eigenvalue weighted by Crippen LogP contribution is 2.31. The quantitative estimate of drug-likeness (QED) is 0.598. The Bertz CT molecular complexity index is 645. The van der Waals surface area contributed by atoms with Crippen LogP contribution in [0.15, 0.2) is 24.3 Å². The van der Waals surface area contributed by atoms with Crippen molar-refractivity contribution in [3.05, 3.63) is 35.4 Å². The van der Waals surface area contributed by atoms with E-state index in [1.165, 1.54) is 10.5 Å². The van der Waals surface area contributed by atoms with E-state index in [1.807, 2.05) is 38.1 Å². The number of hydrogen-bond donors (Lipinski definition) is 1. The molecule has 6 nitrogen and oxygen atoms in total. The first kappa shape index (κ1) is 20.4. The van der Waals surface area contributed by atoms with Crippen molar-refractivity contribution in [2.75, 3.05) is 19.8 Å². The maximum Gasteiger partial charge on any atom is 0.325 e. The van der Waals surface area contributed by atoms with Gasteiger partial charge in [-0.25, -0.2) is 4.79 Å². The van der Waals surface area contributed by atoms with Crippen LogP contribution in [0.2, 0.25) is 0 Å². The van der Waals surface area contributed by atoms with Gasteiger partial charge in [0.25, 0.3) is 5.91 Å². The smallest absolute Gasteiger partial charge is 0.325 e. The van der Waals surface area contributed by atoms with Gasteiger partial charge in [0.2, 0.25) is 0 Å². The van der Waals surface area contributed by atoms with Crippen LogP contribution in [-0.4, -0.2) is 42.9 Å². The zero-order valence-corrected chi connectivity index (χ0v) is 16.6. The standard InChI is InChI=1S/C20H30N2O4/c1-7-25-16(26-8-2)13-22-17(23)20(6,21-18(22)24)15-11-9-14(10-12-15)19(3,4)5/h9-12,16H,7-8,13H2,1-6H3,(H,21,24). The highest BCUT2D eigenvalue weighted by molar-refractivity contribution is 6.07. The minimum Gasteiger partial charge on any atom is -0.351 e. The van der Waals surface area contributed by atoms with Crippen LogP contribution in [0.5, 0.6) is 0 Å². The molecular weight excluding hydrogens is 332 g/mol. The first-order valence-electron chi connectivity index (χ1n) is 9.11. The molecule has 0 bridgehead atoms. The zero-order valence-electron chi connectivity index (χ0n) is 16.6. The van der Waals surface area contributed by atoms with E-state index in [4.69, 9.17) is 9.47 Å². The first-order chi connectivity index (χ1) is 12.1. The van der Waals surface area contributed by atoms with Gasteiger partial charge in [0.15, 0.2) is 6.29 Å². The van der Waals surface area contributed by atoms with E-state index in [2.05, 4.69) is 26.1 Å². The van der Waals surface area contributed by atoms with E-state index < -0.39 is 17.9 Å². The van der Waals surface area contributed by atoms with Gasteiger partial charge in [0, 0.05) is 13.2 Å². The summed E-state index contributed by atoms with van der Waals surface area (Å²) in [6.45, 7) is 12.8. The van der Waals surface area contributed by atoms with Gasteiger partial charge in [-0.15, -0.1) is 0 Å². The second kappa shape index (κ2) is 7.76. The molecule has 0 saturated carbocycles. The van der Waals surface area contributed by atoms with E-state index in [1.54, 1.807) is 6.92 Å². The molecule has 1 atom stereocenters. The Morgan fingerprint density at radius 3 is 2.08 bits per heavy atom. The molecule has 6 heteroatoms. The van der Waals surface area contributed by atoms with Crippen LogP contribution in [-0.2, 0) is 25.2 Å². The third-order valence-electron chi connectivity index (χ3n) is 4.64. The number of nitrogens with one attached hydrogen (secondary N) is 1. The Kier molecular flexibility index (Phi) is 6.09. The lowest BCUT2D eigenvalue weighted by Gasteiger charge is -2.25. The van der Waals surface area contributed by atoms with E-state index in [0.29, 0.717) is 13.2 Å². The molecule has 0 aliphatic carbocycles. The molecular formula is C20H30N2O4. The number of benzene rings is 1. The molecule has 1 unspecified atom stereocenters. The number of urea groups is 1. The summed E-state index contributed by atoms with van der Waals surface area (Å²) >= 11 is 0. The van der Waals surface area contributed by atoms with Crippen LogP contribution in [0.3, 0.4) is 0 Å². The van der Waals surface area contributed by atoms with Gasteiger partial charge in [-0.3, -0.25) is 9.69 Å². The predicted molar refractivity (Wildman–Crippen MR) is 99.8 cm³/mol. The molecule has 0 spiro atoms. The summed E-state index contributed by atoms with van der Waals surface area (Å²) in [6, 6.07) is 7.40. The van der Waals surface area contributed by atoms with Gasteiger partial charge >= 0.3 is 6.03 Å². The first-order valence-corrected chi connectivity index (χ1v) is 9.11. The van der Waals surface area contributed by atoms with Crippen LogP contribution in [0, 0.1) is 0 Å². The molecule has 0 radical (unpaired) electrons. The third-order valence-corrected chi connectivity index (χ3v) is 4.64. The van der Waals surface area contributed by atoms with Crippen molar-refractivity contribution >= 4 is 11.9 Å². The van der Waals surface area contributed by atoms with Gasteiger partial charge < -0.3 is 14.8 Å². The van der Waals surface area contributed by atoms with E-state index in [0.717, 1.165) is 5.56 Å². The van der Waals surface area contributed by atoms with Crippen molar-refractivity contribution in [3.63, 3.8) is 0 Å². The average Bonchev–Trinajstić information content (AvgIpc) is 2.79. The zero-order chi connectivity index (χ0) is 19.5. The lowest BCUT2D eigenvalue weighted by Crippen LogP contribution is -2.42. The third kappa shape index (κ3) is 4.07. The van der Waals surface area contributed by atoms with E-state index >= 15 is 0 Å². The van der Waals surface area contributed by atoms with Crippen LogP contribution in [0.4, 0.5) is 4.79 Å². The minimum absolute atomic E-state index is 0.0244. The molecule has 26 heavy (non-hydrogen) atoms. The second-order valence-electron chi connectivity index (χ2n) is 7.64. The SMILES string of the molecule is CCOC(CN1C(=O)NC(C)(c2ccc(C(C)(C)C)cc2)C1=O)OCC. The largest absolute Gasteiger partial charge is 0.351 e. The highest BCUT2D eigenvalue weighted by atomic mass is 16.7. The van der Waals surface area contributed by atoms with Gasteiger partial charge in [-0.05, 0) is 37.3 Å². The van der Waals surface area contributed by atoms with Crippen molar-refractivity contribution in [2.24, 2.45) is 0 Å². The van der Waals surface area contributed by atoms with Gasteiger partial charge in [0.05, 0.1) is 6.54 Å². The number of imide groups is 1. The molecule has 1 aromatic rings. The maximum atomic E-state index is 13.0. The Balaban J connectivity index is 2.22. The highest BCUT2D eigenvalue weighted by Gasteiger charge is 2.49. The lowest BCUT2D eigenvalue weighted by atomic mass is 9.84. The summed E-state index contributed by atoms with van der Waals surface area (Å²) in [5.74, 6) is -0.296. The van der Waals surface area contributed by atoms with Crippen LogP contribution < -0.4 is 5.32 Å². The van der Waals surface area contributed by atoms with Crippen molar-refractivity contribution in [1.82, 2.24) is 10.2 Å². The Morgan fingerprint density at radius 1 is 1.08 bits per heavy atom. The fourth-order valence-electron chi connectivity index (χ4n) is 3.04. The summed E-state index contributed by atoms with van der Waals surface area (Å²) in [6.07, 6.45) is -0.620. The fourth-order valence-corrected chi connectivity index (χ4v) is 3.04. The van der Waals surface area contributed by atoms with Crippen LogP contribution in [0.25, 0.3) is 0 Å². The molecule has 1 heterocycles. The number of rotatable bonds is 7. The second-order valence-corrected chi connectivity index (χ2v) is 7.64. The molecule has 1 saturated heterocycles. The molecule has 3 amide bonds. The fraction of sp³-hybridized carbons (Fsp3) is 0.600. The van der Waals surface area contributed by atoms with Gasteiger partial charge in [0.1, 0.15) is 5.54 Å². The normalized spacial score (nSPS) is 20.8. The summed E-state index contributed by atoms with van der Waals surface area (Å²) < 4.78 is 10.9. The Labute approximate surface area is 155 Å². The van der Waals surface area contributed by atoms with Gasteiger partial charge in [-0.2, -0.15) is 0 Å². The summed E-state index contributed by atoms with van der Waals surface area (Å²) in [5.41, 5.74) is 0.870. The lowest BCUT2D eigenvalue weighted by molar-refractivity contribution is -0.153. The molecule has 0 aromatic heterocycles. The molecule has 2 rings (SSSR count). The molecule has 1 fully saturated rings. The number of hydrogen-bond acceptors (Lipinski definition) is 4. The van der Waals surface area contributed by atoms with Crippen molar-refractivity contribution in [3.8, 4) is 0 Å². The maximum absolute atomic E-state index is 13.0. The van der Waals surface area contributed by atoms with Crippen LogP contribution in [0.1, 0.15) is 52.7 Å². The Hall–Kier alpha value is -1.92. The number of carbonyl (C=O) groups excluding carboxylic acids is 2. The molecule has 1 aliphatic rings. The summed E-state index contributed by atoms with van der Waals surface area (Å²) in [7, 11) is 0. The van der Waals surface area contributed by atoms with Crippen LogP contribution >= 0.6 is 0 Å². The van der Waals surface area contributed by atoms with Gasteiger partial charge in [-0.1, -0.05) is 45.0 Å². The number of ether oxygens (including phenoxy) is 2. The van der Waals surface area contributed by atoms with Crippen molar-refractivity contribution in [2.45, 2.75) is 58.8 Å². The average molecular weight is 362 g/mol. The van der Waals surface area contributed by atoms with E-state index in [-0.39, 0.29) is 17.9 Å². The topological polar surface area (TPSA) is 67.9 Å². The van der Waals surface area contributed by atoms with E-state index in [9.17, 15) is 9.59 Å². The summed E-state index contributed by atoms with van der Waals surface area (Å²) in [4.78, 5) is 26.6. The minimum atomic E-state index is -1.09. The number of amides is 3. The number of carbonyl (C=O) groups is 2. The van der Waals surface area contributed by atoms with Crippen molar-refractivity contribution < 1.29 is 19.1 Å². The van der Waals surface area contributed by atoms with Crippen molar-refractivity contribution in [1.29, 1.82) is 0 Å².